The summed E-state index contributed by atoms with van der Waals surface area (Å²) in [6.07, 6.45) is 2.54. The van der Waals surface area contributed by atoms with Crippen LogP contribution in [0.3, 0.4) is 0 Å². The molecule has 0 radical (unpaired) electrons. The Hall–Kier alpha value is -1.49. The minimum absolute atomic E-state index is 0.0924. The number of methoxy groups -OCH3 is 2. The van der Waals surface area contributed by atoms with E-state index in [9.17, 15) is 9.59 Å². The van der Waals surface area contributed by atoms with Gasteiger partial charge in [-0.2, -0.15) is 0 Å². The predicted octanol–water partition coefficient (Wildman–Crippen LogP) is 4.82. The van der Waals surface area contributed by atoms with Gasteiger partial charge in [-0.15, -0.1) is 11.8 Å². The maximum absolute atomic E-state index is 12.9. The molecular weight excluding hydrogens is 360 g/mol. The third-order valence-electron chi connectivity index (χ3n) is 5.88. The smallest absolute Gasteiger partial charge is 0.323 e. The van der Waals surface area contributed by atoms with Gasteiger partial charge in [0, 0.05) is 10.6 Å². The Morgan fingerprint density at radius 3 is 2.22 bits per heavy atom. The van der Waals surface area contributed by atoms with Crippen LogP contribution in [0.2, 0.25) is 0 Å². The molecule has 1 fully saturated rings. The van der Waals surface area contributed by atoms with Crippen LogP contribution in [0, 0.1) is 29.1 Å². The summed E-state index contributed by atoms with van der Waals surface area (Å²) in [5, 5.41) is 0. The van der Waals surface area contributed by atoms with Gasteiger partial charge in [0.25, 0.3) is 0 Å². The fraction of sp³-hybridized carbons (Fsp3) is 0.636. The van der Waals surface area contributed by atoms with E-state index in [4.69, 9.17) is 9.47 Å². The van der Waals surface area contributed by atoms with Gasteiger partial charge in [-0.3, -0.25) is 9.59 Å². The van der Waals surface area contributed by atoms with E-state index in [2.05, 4.69) is 32.9 Å². The number of rotatable bonds is 8. The van der Waals surface area contributed by atoms with E-state index in [-0.39, 0.29) is 17.8 Å². The quantitative estimate of drug-likeness (QED) is 0.361. The summed E-state index contributed by atoms with van der Waals surface area (Å²) in [5.74, 6) is 0.636. The molecule has 0 N–H and O–H groups in total. The third-order valence-corrected chi connectivity index (χ3v) is 7.04. The average Bonchev–Trinajstić information content (AvgIpc) is 3.01. The second-order valence-corrected chi connectivity index (χ2v) is 8.86. The van der Waals surface area contributed by atoms with E-state index in [1.807, 2.05) is 18.2 Å². The summed E-state index contributed by atoms with van der Waals surface area (Å²) in [7, 11) is 2.73. The van der Waals surface area contributed by atoms with Crippen molar-refractivity contribution in [3.05, 3.63) is 30.3 Å². The number of carbonyl (C=O) groups is 2. The molecule has 1 saturated carbocycles. The molecule has 0 aromatic heterocycles. The Morgan fingerprint density at radius 2 is 1.74 bits per heavy atom. The topological polar surface area (TPSA) is 52.6 Å². The fourth-order valence-electron chi connectivity index (χ4n) is 4.95. The van der Waals surface area contributed by atoms with E-state index < -0.39 is 17.4 Å². The van der Waals surface area contributed by atoms with Crippen LogP contribution in [0.15, 0.2) is 35.2 Å². The van der Waals surface area contributed by atoms with Gasteiger partial charge < -0.3 is 9.47 Å². The van der Waals surface area contributed by atoms with Crippen molar-refractivity contribution in [1.29, 1.82) is 0 Å². The molecule has 0 amide bonds. The highest BCUT2D eigenvalue weighted by molar-refractivity contribution is 7.99. The first-order chi connectivity index (χ1) is 12.9. The molecule has 0 spiro atoms. The second-order valence-electron chi connectivity index (χ2n) is 7.77. The van der Waals surface area contributed by atoms with Crippen LogP contribution in [-0.2, 0) is 19.1 Å². The first-order valence-corrected chi connectivity index (χ1v) is 10.8. The molecule has 0 heterocycles. The van der Waals surface area contributed by atoms with Crippen LogP contribution >= 0.6 is 11.8 Å². The van der Waals surface area contributed by atoms with E-state index in [1.54, 1.807) is 11.8 Å². The van der Waals surface area contributed by atoms with Gasteiger partial charge in [0.2, 0.25) is 0 Å². The zero-order valence-electron chi connectivity index (χ0n) is 17.1. The van der Waals surface area contributed by atoms with Crippen molar-refractivity contribution < 1.29 is 19.1 Å². The van der Waals surface area contributed by atoms with Crippen molar-refractivity contribution in [2.75, 3.05) is 20.0 Å². The maximum Gasteiger partial charge on any atom is 0.323 e. The number of hydrogen-bond donors (Lipinski definition) is 0. The number of thioether (sulfide) groups is 1. The third kappa shape index (κ3) is 4.34. The van der Waals surface area contributed by atoms with Crippen LogP contribution in [0.5, 0.6) is 0 Å². The van der Waals surface area contributed by atoms with Crippen molar-refractivity contribution in [1.82, 2.24) is 0 Å². The molecule has 150 valence electrons. The zero-order chi connectivity index (χ0) is 20.0. The molecule has 1 aromatic carbocycles. The first kappa shape index (κ1) is 21.8. The summed E-state index contributed by atoms with van der Waals surface area (Å²) in [5.41, 5.74) is -1.20. The Balaban J connectivity index is 2.41. The minimum atomic E-state index is -1.20. The van der Waals surface area contributed by atoms with Gasteiger partial charge in [-0.05, 0) is 42.2 Å². The summed E-state index contributed by atoms with van der Waals surface area (Å²) < 4.78 is 10.3. The predicted molar refractivity (Wildman–Crippen MR) is 108 cm³/mol. The summed E-state index contributed by atoms with van der Waals surface area (Å²) in [6, 6.07) is 10.3. The van der Waals surface area contributed by atoms with Crippen LogP contribution < -0.4 is 0 Å². The number of benzene rings is 1. The SMILES string of the molecule is CCCC1CC(C(=O)OC)(C(=O)OC)[C@H](C(C)C)[C@H]1CSc1ccccc1. The molecule has 4 nitrogen and oxygen atoms in total. The lowest BCUT2D eigenvalue weighted by Crippen LogP contribution is -2.47. The largest absolute Gasteiger partial charge is 0.468 e. The van der Waals surface area contributed by atoms with Crippen LogP contribution in [0.1, 0.15) is 40.0 Å². The molecule has 1 aliphatic rings. The van der Waals surface area contributed by atoms with E-state index >= 15 is 0 Å². The van der Waals surface area contributed by atoms with Crippen molar-refractivity contribution >= 4 is 23.7 Å². The van der Waals surface area contributed by atoms with Gasteiger partial charge in [-0.25, -0.2) is 0 Å². The molecular formula is C22H32O4S. The Labute approximate surface area is 167 Å². The zero-order valence-corrected chi connectivity index (χ0v) is 17.9. The highest BCUT2D eigenvalue weighted by Crippen LogP contribution is 2.57. The molecule has 3 atom stereocenters. The molecule has 5 heteroatoms. The molecule has 1 unspecified atom stereocenters. The van der Waals surface area contributed by atoms with Gasteiger partial charge in [0.15, 0.2) is 5.41 Å². The lowest BCUT2D eigenvalue weighted by Gasteiger charge is -2.35. The van der Waals surface area contributed by atoms with Gasteiger partial charge in [0.1, 0.15) is 0 Å². The van der Waals surface area contributed by atoms with E-state index in [1.165, 1.54) is 19.1 Å². The molecule has 0 saturated heterocycles. The molecule has 2 rings (SSSR count). The number of ether oxygens (including phenoxy) is 2. The summed E-state index contributed by atoms with van der Waals surface area (Å²) >= 11 is 1.80. The Bertz CT molecular complexity index is 612. The van der Waals surface area contributed by atoms with Crippen molar-refractivity contribution in [3.8, 4) is 0 Å². The highest BCUT2D eigenvalue weighted by atomic mass is 32.2. The van der Waals surface area contributed by atoms with Crippen molar-refractivity contribution in [2.24, 2.45) is 29.1 Å². The second kappa shape index (κ2) is 9.63. The van der Waals surface area contributed by atoms with Crippen LogP contribution in [0.4, 0.5) is 0 Å². The van der Waals surface area contributed by atoms with E-state index in [0.717, 1.165) is 18.6 Å². The summed E-state index contributed by atoms with van der Waals surface area (Å²) in [6.45, 7) is 6.35. The van der Waals surface area contributed by atoms with Crippen LogP contribution in [-0.4, -0.2) is 31.9 Å². The number of carbonyl (C=O) groups excluding carboxylic acids is 2. The van der Waals surface area contributed by atoms with Crippen molar-refractivity contribution in [2.45, 2.75) is 44.9 Å². The lowest BCUT2D eigenvalue weighted by atomic mass is 9.70. The minimum Gasteiger partial charge on any atom is -0.468 e. The standard InChI is InChI=1S/C22H32O4S/c1-6-10-16-13-22(20(23)25-4,21(24)26-5)19(15(2)3)18(16)14-27-17-11-8-7-9-12-17/h7-9,11-12,15-16,18-19H,6,10,13-14H2,1-5H3/t16?,18-,19+/m0/s1. The van der Waals surface area contributed by atoms with E-state index in [0.29, 0.717) is 12.3 Å². The Kier molecular flexibility index (Phi) is 7.78. The molecule has 1 aromatic rings. The average molecular weight is 393 g/mol. The molecule has 0 aliphatic heterocycles. The van der Waals surface area contributed by atoms with Gasteiger partial charge >= 0.3 is 11.9 Å². The maximum atomic E-state index is 12.9. The van der Waals surface area contributed by atoms with Crippen LogP contribution in [0.25, 0.3) is 0 Å². The first-order valence-electron chi connectivity index (χ1n) is 9.77. The fourth-order valence-corrected chi connectivity index (χ4v) is 6.16. The van der Waals surface area contributed by atoms with Gasteiger partial charge in [-0.1, -0.05) is 51.8 Å². The normalized spacial score (nSPS) is 24.0. The highest BCUT2D eigenvalue weighted by Gasteiger charge is 2.64. The molecule has 0 bridgehead atoms. The number of esters is 2. The van der Waals surface area contributed by atoms with Gasteiger partial charge in [0.05, 0.1) is 14.2 Å². The van der Waals surface area contributed by atoms with Crippen molar-refractivity contribution in [3.63, 3.8) is 0 Å². The molecule has 27 heavy (non-hydrogen) atoms. The lowest BCUT2D eigenvalue weighted by molar-refractivity contribution is -0.174. The number of hydrogen-bond acceptors (Lipinski definition) is 5. The molecule has 1 aliphatic carbocycles. The monoisotopic (exact) mass is 392 g/mol. The Morgan fingerprint density at radius 1 is 1.15 bits per heavy atom. The summed E-state index contributed by atoms with van der Waals surface area (Å²) in [4.78, 5) is 27.0.